The van der Waals surface area contributed by atoms with Crippen LogP contribution in [0.5, 0.6) is 0 Å². The summed E-state index contributed by atoms with van der Waals surface area (Å²) in [6, 6.07) is 15.7. The van der Waals surface area contributed by atoms with Crippen molar-refractivity contribution in [3.05, 3.63) is 102 Å². The maximum atomic E-state index is 13.7. The number of hydrogen-bond donors (Lipinski definition) is 0. The number of nitrogens with zero attached hydrogens (tertiary/aromatic N) is 2. The maximum absolute atomic E-state index is 13.7. The van der Waals surface area contributed by atoms with Gasteiger partial charge >= 0.3 is 5.97 Å². The van der Waals surface area contributed by atoms with Crippen LogP contribution in [0.2, 0.25) is 0 Å². The molecule has 182 valence electrons. The van der Waals surface area contributed by atoms with E-state index < -0.39 is 12.0 Å². The zero-order chi connectivity index (χ0) is 25.1. The summed E-state index contributed by atoms with van der Waals surface area (Å²) in [6.07, 6.45) is 3.37. The van der Waals surface area contributed by atoms with Crippen molar-refractivity contribution in [3.8, 4) is 0 Å². The Morgan fingerprint density at radius 2 is 1.80 bits per heavy atom. The number of rotatable bonds is 7. The Kier molecular flexibility index (Phi) is 7.51. The molecule has 6 heteroatoms. The zero-order valence-corrected chi connectivity index (χ0v) is 21.8. The molecule has 1 atom stereocenters. The molecule has 0 aliphatic carbocycles. The summed E-state index contributed by atoms with van der Waals surface area (Å²) in [4.78, 5) is 32.4. The van der Waals surface area contributed by atoms with Crippen molar-refractivity contribution in [1.82, 2.24) is 4.57 Å². The van der Waals surface area contributed by atoms with Gasteiger partial charge in [0.1, 0.15) is 0 Å². The molecule has 5 nitrogen and oxygen atoms in total. The number of carbonyl (C=O) groups is 1. The van der Waals surface area contributed by atoms with Crippen LogP contribution >= 0.6 is 11.3 Å². The lowest BCUT2D eigenvalue weighted by Gasteiger charge is -2.26. The largest absolute Gasteiger partial charge is 0.463 e. The van der Waals surface area contributed by atoms with Gasteiger partial charge in [0, 0.05) is 0 Å². The number of thiazole rings is 1. The quantitative estimate of drug-likeness (QED) is 0.439. The molecule has 0 bridgehead atoms. The van der Waals surface area contributed by atoms with Crippen LogP contribution in [0.4, 0.5) is 0 Å². The van der Waals surface area contributed by atoms with Crippen molar-refractivity contribution in [1.29, 1.82) is 0 Å². The summed E-state index contributed by atoms with van der Waals surface area (Å²) < 4.78 is 7.73. The van der Waals surface area contributed by atoms with E-state index in [1.54, 1.807) is 11.5 Å². The highest BCUT2D eigenvalue weighted by molar-refractivity contribution is 7.07. The molecule has 0 saturated carbocycles. The van der Waals surface area contributed by atoms with Gasteiger partial charge in [-0.3, -0.25) is 9.36 Å². The Hall–Kier alpha value is -3.25. The Balaban J connectivity index is 1.97. The van der Waals surface area contributed by atoms with Gasteiger partial charge in [-0.25, -0.2) is 9.79 Å². The minimum absolute atomic E-state index is 0.149. The second-order valence-corrected chi connectivity index (χ2v) is 10.2. The van der Waals surface area contributed by atoms with Crippen LogP contribution in [0.3, 0.4) is 0 Å². The summed E-state index contributed by atoms with van der Waals surface area (Å²) in [5, 5.41) is 0. The van der Waals surface area contributed by atoms with Crippen molar-refractivity contribution in [3.63, 3.8) is 0 Å². The highest BCUT2D eigenvalue weighted by Gasteiger charge is 2.34. The molecule has 4 rings (SSSR count). The molecule has 0 saturated heterocycles. The van der Waals surface area contributed by atoms with E-state index in [2.05, 4.69) is 32.9 Å². The fourth-order valence-corrected chi connectivity index (χ4v) is 5.33. The van der Waals surface area contributed by atoms with Crippen molar-refractivity contribution in [2.45, 2.75) is 59.4 Å². The van der Waals surface area contributed by atoms with Gasteiger partial charge in [0.05, 0.1) is 28.5 Å². The first kappa shape index (κ1) is 24.9. The highest BCUT2D eigenvalue weighted by atomic mass is 32.1. The summed E-state index contributed by atoms with van der Waals surface area (Å²) in [5.41, 5.74) is 5.21. The predicted molar refractivity (Wildman–Crippen MR) is 141 cm³/mol. The lowest BCUT2D eigenvalue weighted by molar-refractivity contribution is -0.139. The molecular formula is C29H32N2O3S. The molecule has 0 amide bonds. The molecule has 1 aliphatic rings. The van der Waals surface area contributed by atoms with Crippen LogP contribution in [0.25, 0.3) is 6.08 Å². The number of benzene rings is 2. The van der Waals surface area contributed by atoms with E-state index in [-0.39, 0.29) is 12.2 Å². The van der Waals surface area contributed by atoms with E-state index in [4.69, 9.17) is 9.73 Å². The molecule has 0 spiro atoms. The Bertz CT molecular complexity index is 1430. The highest BCUT2D eigenvalue weighted by Crippen LogP contribution is 2.33. The molecule has 1 aromatic heterocycles. The number of ether oxygens (including phenoxy) is 1. The standard InChI is InChI=1S/C29H32N2O3S/c1-6-8-23-25(28(33)34-7-2)26(22-15-13-21(14-16-22)18(3)4)31-27(32)24(35-29(31)30-23)17-20-11-9-19(5)10-12-20/h9-18,26H,6-8H2,1-5H3/b24-17-/t26-/m1/s1. The van der Waals surface area contributed by atoms with Gasteiger partial charge in [-0.15, -0.1) is 0 Å². The first-order valence-corrected chi connectivity index (χ1v) is 13.0. The van der Waals surface area contributed by atoms with E-state index in [1.807, 2.05) is 49.4 Å². The number of hydrogen-bond acceptors (Lipinski definition) is 5. The van der Waals surface area contributed by atoms with Crippen molar-refractivity contribution >= 4 is 23.4 Å². The number of esters is 1. The van der Waals surface area contributed by atoms with E-state index in [0.717, 1.165) is 23.1 Å². The van der Waals surface area contributed by atoms with Gasteiger partial charge < -0.3 is 4.74 Å². The first-order valence-electron chi connectivity index (χ1n) is 12.2. The third kappa shape index (κ3) is 5.08. The summed E-state index contributed by atoms with van der Waals surface area (Å²) in [6.45, 7) is 10.4. The van der Waals surface area contributed by atoms with Gasteiger partial charge in [0.25, 0.3) is 5.56 Å². The average molecular weight is 489 g/mol. The number of aryl methyl sites for hydroxylation is 1. The van der Waals surface area contributed by atoms with Gasteiger partial charge in [-0.1, -0.05) is 92.6 Å². The lowest BCUT2D eigenvalue weighted by atomic mass is 9.92. The van der Waals surface area contributed by atoms with Gasteiger partial charge in [-0.05, 0) is 49.0 Å². The van der Waals surface area contributed by atoms with Crippen molar-refractivity contribution < 1.29 is 9.53 Å². The number of allylic oxidation sites excluding steroid dienone is 1. The first-order chi connectivity index (χ1) is 16.8. The molecule has 35 heavy (non-hydrogen) atoms. The Labute approximate surface area is 210 Å². The fourth-order valence-electron chi connectivity index (χ4n) is 4.31. The minimum atomic E-state index is -0.576. The predicted octanol–water partition coefficient (Wildman–Crippen LogP) is 5.01. The van der Waals surface area contributed by atoms with E-state index in [0.29, 0.717) is 32.9 Å². The average Bonchev–Trinajstić information content (AvgIpc) is 3.14. The Morgan fingerprint density at radius 3 is 2.40 bits per heavy atom. The van der Waals surface area contributed by atoms with E-state index >= 15 is 0 Å². The van der Waals surface area contributed by atoms with Crippen LogP contribution < -0.4 is 14.9 Å². The fraction of sp³-hybridized carbons (Fsp3) is 0.345. The van der Waals surface area contributed by atoms with Crippen LogP contribution in [-0.2, 0) is 9.53 Å². The smallest absolute Gasteiger partial charge is 0.338 e. The second-order valence-electron chi connectivity index (χ2n) is 9.15. The SMILES string of the molecule is CCCC1=C(C(=O)OCC)[C@@H](c2ccc(C(C)C)cc2)n2c(s/c(=C\c3ccc(C)cc3)c2=O)=N1. The number of fused-ring (bicyclic) bond motifs is 1. The Morgan fingerprint density at radius 1 is 1.11 bits per heavy atom. The second kappa shape index (κ2) is 10.6. The third-order valence-corrected chi connectivity index (χ3v) is 7.17. The van der Waals surface area contributed by atoms with Crippen LogP contribution in [0, 0.1) is 6.92 Å². The van der Waals surface area contributed by atoms with Crippen LogP contribution in [0.1, 0.15) is 74.8 Å². The molecular weight excluding hydrogens is 456 g/mol. The summed E-state index contributed by atoms with van der Waals surface area (Å²) in [5.74, 6) is -0.0262. The molecule has 0 fully saturated rings. The summed E-state index contributed by atoms with van der Waals surface area (Å²) >= 11 is 1.37. The van der Waals surface area contributed by atoms with Crippen molar-refractivity contribution in [2.24, 2.45) is 4.99 Å². The van der Waals surface area contributed by atoms with Gasteiger partial charge in [0.2, 0.25) is 0 Å². The number of carbonyl (C=O) groups excluding carboxylic acids is 1. The zero-order valence-electron chi connectivity index (χ0n) is 21.0. The molecule has 0 radical (unpaired) electrons. The van der Waals surface area contributed by atoms with E-state index in [1.165, 1.54) is 16.9 Å². The number of aromatic nitrogens is 1. The molecule has 1 aliphatic heterocycles. The van der Waals surface area contributed by atoms with Gasteiger partial charge in [-0.2, -0.15) is 0 Å². The molecule has 0 N–H and O–H groups in total. The van der Waals surface area contributed by atoms with Crippen LogP contribution in [0.15, 0.2) is 69.6 Å². The third-order valence-electron chi connectivity index (χ3n) is 6.19. The van der Waals surface area contributed by atoms with E-state index in [9.17, 15) is 9.59 Å². The summed E-state index contributed by atoms with van der Waals surface area (Å²) in [7, 11) is 0. The normalized spacial score (nSPS) is 15.8. The van der Waals surface area contributed by atoms with Crippen LogP contribution in [-0.4, -0.2) is 17.1 Å². The lowest BCUT2D eigenvalue weighted by Crippen LogP contribution is -2.40. The molecule has 2 heterocycles. The molecule has 0 unspecified atom stereocenters. The molecule has 3 aromatic rings. The van der Waals surface area contributed by atoms with Crippen molar-refractivity contribution in [2.75, 3.05) is 6.61 Å². The maximum Gasteiger partial charge on any atom is 0.338 e. The van der Waals surface area contributed by atoms with Gasteiger partial charge in [0.15, 0.2) is 4.80 Å². The monoisotopic (exact) mass is 488 g/mol. The topological polar surface area (TPSA) is 60.7 Å². The minimum Gasteiger partial charge on any atom is -0.463 e. The molecule has 2 aromatic carbocycles.